The van der Waals surface area contributed by atoms with E-state index < -0.39 is 22.7 Å². The third-order valence-electron chi connectivity index (χ3n) is 3.65. The van der Waals surface area contributed by atoms with Gasteiger partial charge in [0.05, 0.1) is 24.7 Å². The zero-order valence-electron chi connectivity index (χ0n) is 14.3. The van der Waals surface area contributed by atoms with E-state index in [1.165, 1.54) is 4.90 Å². The zero-order valence-corrected chi connectivity index (χ0v) is 14.3. The van der Waals surface area contributed by atoms with Crippen LogP contribution in [0.5, 0.6) is 0 Å². The molecule has 0 bridgehead atoms. The second kappa shape index (κ2) is 7.91. The molecule has 146 valence electrons. The summed E-state index contributed by atoms with van der Waals surface area (Å²) in [6.07, 6.45) is -1.76. The van der Waals surface area contributed by atoms with Crippen LogP contribution in [0.3, 0.4) is 0 Å². The van der Waals surface area contributed by atoms with Gasteiger partial charge in [0, 0.05) is 25.6 Å². The van der Waals surface area contributed by atoms with Gasteiger partial charge in [-0.15, -0.1) is 0 Å². The topological polar surface area (TPSA) is 94.7 Å². The molecule has 26 heavy (non-hydrogen) atoms. The molecule has 1 aromatic rings. The van der Waals surface area contributed by atoms with Crippen LogP contribution < -0.4 is 5.32 Å². The van der Waals surface area contributed by atoms with Crippen molar-refractivity contribution < 1.29 is 27.6 Å². The molecule has 0 aliphatic carbocycles. The molecule has 1 N–H and O–H groups in total. The molecule has 9 nitrogen and oxygen atoms in total. The fourth-order valence-corrected chi connectivity index (χ4v) is 2.75. The van der Waals surface area contributed by atoms with Crippen molar-refractivity contribution in [3.05, 3.63) is 40.4 Å². The molecule has 0 amide bonds. The lowest BCUT2D eigenvalue weighted by atomic mass is 10.2. The highest BCUT2D eigenvalue weighted by Gasteiger charge is 2.41. The predicted molar refractivity (Wildman–Crippen MR) is 83.0 cm³/mol. The summed E-state index contributed by atoms with van der Waals surface area (Å²) in [6.45, 7) is 3.95. The maximum Gasteiger partial charge on any atom is 0.449 e. The highest BCUT2D eigenvalue weighted by Crippen LogP contribution is 2.29. The zero-order chi connectivity index (χ0) is 19.4. The van der Waals surface area contributed by atoms with E-state index in [0.29, 0.717) is 19.4 Å². The summed E-state index contributed by atoms with van der Waals surface area (Å²) in [5, 5.41) is 13.7. The molecule has 1 fully saturated rings. The monoisotopic (exact) mass is 379 g/mol. The summed E-state index contributed by atoms with van der Waals surface area (Å²) >= 11 is 0. The Morgan fingerprint density at radius 3 is 2.62 bits per heavy atom. The molecule has 1 aliphatic heterocycles. The number of nitro groups is 1. The predicted octanol–water partition coefficient (Wildman–Crippen LogP) is 1.61. The molecule has 0 radical (unpaired) electrons. The van der Waals surface area contributed by atoms with Crippen LogP contribution in [-0.2, 0) is 22.3 Å². The van der Waals surface area contributed by atoms with Gasteiger partial charge in [-0.25, -0.2) is 4.98 Å². The third-order valence-corrected chi connectivity index (χ3v) is 3.65. The summed E-state index contributed by atoms with van der Waals surface area (Å²) in [4.78, 5) is 14.9. The minimum atomic E-state index is -4.64. The Labute approximate surface area is 147 Å². The summed E-state index contributed by atoms with van der Waals surface area (Å²) in [7, 11) is 0. The van der Waals surface area contributed by atoms with Gasteiger partial charge in [-0.3, -0.25) is 10.1 Å². The van der Waals surface area contributed by atoms with Crippen LogP contribution in [0.15, 0.2) is 24.4 Å². The SMILES string of the molecule is CCOC1(OCC)CN/C(=C\[N+](=O)[O-])N(Cn2ccnc2C(F)(F)F)C1. The van der Waals surface area contributed by atoms with Crippen LogP contribution in [0.25, 0.3) is 0 Å². The fourth-order valence-electron chi connectivity index (χ4n) is 2.75. The maximum atomic E-state index is 13.0. The van der Waals surface area contributed by atoms with Crippen LogP contribution in [-0.4, -0.2) is 51.5 Å². The number of nitrogens with one attached hydrogen (secondary N) is 1. The Morgan fingerprint density at radius 1 is 1.42 bits per heavy atom. The molecule has 2 rings (SSSR count). The number of ether oxygens (including phenoxy) is 2. The van der Waals surface area contributed by atoms with Crippen molar-refractivity contribution in [3.63, 3.8) is 0 Å². The third kappa shape index (κ3) is 4.64. The summed E-state index contributed by atoms with van der Waals surface area (Å²) in [5.74, 6) is -2.16. The maximum absolute atomic E-state index is 13.0. The minimum absolute atomic E-state index is 0.0107. The minimum Gasteiger partial charge on any atom is -0.361 e. The molecule has 0 unspecified atom stereocenters. The highest BCUT2D eigenvalue weighted by molar-refractivity contribution is 5.04. The molecular weight excluding hydrogens is 359 g/mol. The number of hydrogen-bond donors (Lipinski definition) is 1. The van der Waals surface area contributed by atoms with E-state index >= 15 is 0 Å². The number of alkyl halides is 3. The van der Waals surface area contributed by atoms with Crippen LogP contribution in [0.1, 0.15) is 19.7 Å². The lowest BCUT2D eigenvalue weighted by Gasteiger charge is -2.43. The first kappa shape index (κ1) is 20.0. The van der Waals surface area contributed by atoms with Gasteiger partial charge in [0.2, 0.25) is 11.6 Å². The Balaban J connectivity index is 2.32. The Morgan fingerprint density at radius 2 is 2.08 bits per heavy atom. The smallest absolute Gasteiger partial charge is 0.361 e. The second-order valence-electron chi connectivity index (χ2n) is 5.49. The van der Waals surface area contributed by atoms with Gasteiger partial charge in [0.25, 0.3) is 6.20 Å². The van der Waals surface area contributed by atoms with Gasteiger partial charge in [0.1, 0.15) is 0 Å². The van der Waals surface area contributed by atoms with Crippen molar-refractivity contribution >= 4 is 0 Å². The summed E-state index contributed by atoms with van der Waals surface area (Å²) in [5.41, 5.74) is 0. The number of rotatable bonds is 7. The Bertz CT molecular complexity index is 655. The summed E-state index contributed by atoms with van der Waals surface area (Å²) in [6, 6.07) is 0. The van der Waals surface area contributed by atoms with Crippen molar-refractivity contribution in [2.24, 2.45) is 0 Å². The number of aromatic nitrogens is 2. The van der Waals surface area contributed by atoms with E-state index in [0.717, 1.165) is 17.0 Å². The lowest BCUT2D eigenvalue weighted by Crippen LogP contribution is -2.59. The van der Waals surface area contributed by atoms with Gasteiger partial charge < -0.3 is 24.3 Å². The van der Waals surface area contributed by atoms with Crippen molar-refractivity contribution in [2.75, 3.05) is 26.3 Å². The molecule has 0 aromatic carbocycles. The number of hydrogen-bond acceptors (Lipinski definition) is 7. The first-order valence-electron chi connectivity index (χ1n) is 7.91. The number of halogens is 3. The van der Waals surface area contributed by atoms with E-state index in [1.807, 2.05) is 0 Å². The Kier molecular flexibility index (Phi) is 6.08. The first-order valence-corrected chi connectivity index (χ1v) is 7.91. The van der Waals surface area contributed by atoms with Crippen molar-refractivity contribution in [1.82, 2.24) is 19.8 Å². The molecule has 0 atom stereocenters. The Hall–Kier alpha value is -2.34. The van der Waals surface area contributed by atoms with Crippen molar-refractivity contribution in [3.8, 4) is 0 Å². The quantitative estimate of drug-likeness (QED) is 0.437. The molecule has 1 aliphatic rings. The van der Waals surface area contributed by atoms with E-state index in [2.05, 4.69) is 10.3 Å². The normalized spacial score (nSPS) is 18.8. The van der Waals surface area contributed by atoms with Crippen LogP contribution >= 0.6 is 0 Å². The van der Waals surface area contributed by atoms with E-state index in [-0.39, 0.29) is 25.6 Å². The van der Waals surface area contributed by atoms with Gasteiger partial charge in [-0.05, 0) is 13.8 Å². The van der Waals surface area contributed by atoms with Gasteiger partial charge >= 0.3 is 6.18 Å². The van der Waals surface area contributed by atoms with Gasteiger partial charge in [-0.2, -0.15) is 13.2 Å². The van der Waals surface area contributed by atoms with E-state index in [1.54, 1.807) is 13.8 Å². The van der Waals surface area contributed by atoms with Gasteiger partial charge in [0.15, 0.2) is 5.82 Å². The van der Waals surface area contributed by atoms with Crippen LogP contribution in [0.4, 0.5) is 13.2 Å². The van der Waals surface area contributed by atoms with E-state index in [9.17, 15) is 23.3 Å². The van der Waals surface area contributed by atoms with Crippen LogP contribution in [0, 0.1) is 10.1 Å². The molecule has 1 saturated heterocycles. The average Bonchev–Trinajstić information content (AvgIpc) is 2.99. The molecular formula is C14H20F3N5O4. The number of nitrogens with zero attached hydrogens (tertiary/aromatic N) is 4. The van der Waals surface area contributed by atoms with Crippen LogP contribution in [0.2, 0.25) is 0 Å². The largest absolute Gasteiger partial charge is 0.449 e. The molecule has 1 aromatic heterocycles. The highest BCUT2D eigenvalue weighted by atomic mass is 19.4. The fraction of sp³-hybridized carbons (Fsp3) is 0.643. The molecule has 12 heteroatoms. The second-order valence-corrected chi connectivity index (χ2v) is 5.49. The average molecular weight is 379 g/mol. The molecule has 0 saturated carbocycles. The molecule has 2 heterocycles. The molecule has 0 spiro atoms. The standard InChI is InChI=1S/C14H20F3N5O4/c1-3-25-13(26-4-2)8-19-11(7-22(23)24)21(9-13)10-20-6-5-18-12(20)14(15,16)17/h5-7,19H,3-4,8-10H2,1-2H3/b11-7+. The van der Waals surface area contributed by atoms with E-state index in [4.69, 9.17) is 9.47 Å². The lowest BCUT2D eigenvalue weighted by molar-refractivity contribution is -0.405. The number of imidazole rings is 1. The van der Waals surface area contributed by atoms with Gasteiger partial charge in [-0.1, -0.05) is 0 Å². The first-order chi connectivity index (χ1) is 12.2. The summed E-state index contributed by atoms with van der Waals surface area (Å²) < 4.78 is 51.3. The van der Waals surface area contributed by atoms with Crippen molar-refractivity contribution in [2.45, 2.75) is 32.5 Å². The van der Waals surface area contributed by atoms with Crippen molar-refractivity contribution in [1.29, 1.82) is 0 Å².